The summed E-state index contributed by atoms with van der Waals surface area (Å²) < 4.78 is 10.9. The number of rotatable bonds is 9. The molecule has 1 fully saturated rings. The fraction of sp³-hybridized carbons (Fsp3) is 0.478. The second-order valence-electron chi connectivity index (χ2n) is 7.76. The van der Waals surface area contributed by atoms with Gasteiger partial charge in [0.25, 0.3) is 5.91 Å². The van der Waals surface area contributed by atoms with Gasteiger partial charge in [-0.3, -0.25) is 4.79 Å². The Morgan fingerprint density at radius 3 is 2.61 bits per heavy atom. The third-order valence-electron chi connectivity index (χ3n) is 5.56. The van der Waals surface area contributed by atoms with Crippen LogP contribution in [-0.4, -0.2) is 43.8 Å². The molecule has 2 aromatic rings. The molecule has 1 saturated heterocycles. The Balaban J connectivity index is 2.04. The Bertz CT molecular complexity index is 926. The van der Waals surface area contributed by atoms with Crippen molar-refractivity contribution in [1.29, 1.82) is 0 Å². The van der Waals surface area contributed by atoms with Crippen LogP contribution in [-0.2, 0) is 17.6 Å². The van der Waals surface area contributed by atoms with Crippen LogP contribution in [0.15, 0.2) is 18.2 Å². The van der Waals surface area contributed by atoms with E-state index in [-0.39, 0.29) is 5.69 Å². The van der Waals surface area contributed by atoms with E-state index in [1.54, 1.807) is 7.11 Å². The first-order valence-electron chi connectivity index (χ1n) is 10.8. The fourth-order valence-corrected chi connectivity index (χ4v) is 3.90. The van der Waals surface area contributed by atoms with Crippen molar-refractivity contribution in [2.45, 2.75) is 45.6 Å². The molecule has 0 saturated carbocycles. The molecule has 0 unspecified atom stereocenters. The van der Waals surface area contributed by atoms with Crippen molar-refractivity contribution < 1.29 is 14.3 Å². The Hall–Kier alpha value is -2.84. The zero-order valence-electron chi connectivity index (χ0n) is 18.6. The van der Waals surface area contributed by atoms with Gasteiger partial charge in [-0.2, -0.15) is 0 Å². The second kappa shape index (κ2) is 10.5. The average molecular weight is 428 g/mol. The summed E-state index contributed by atoms with van der Waals surface area (Å²) in [6, 6.07) is 6.14. The summed E-state index contributed by atoms with van der Waals surface area (Å²) in [7, 11) is 1.62. The van der Waals surface area contributed by atoms with Gasteiger partial charge in [0, 0.05) is 31.0 Å². The average Bonchev–Trinajstić information content (AvgIpc) is 2.77. The number of amides is 1. The van der Waals surface area contributed by atoms with Gasteiger partial charge in [-0.1, -0.05) is 6.92 Å². The van der Waals surface area contributed by atoms with Gasteiger partial charge in [0.2, 0.25) is 0 Å². The monoisotopic (exact) mass is 427 g/mol. The Morgan fingerprint density at radius 1 is 1.26 bits per heavy atom. The van der Waals surface area contributed by atoms with Gasteiger partial charge in [0.15, 0.2) is 5.69 Å². The number of aromatic nitrogens is 1. The zero-order valence-corrected chi connectivity index (χ0v) is 18.6. The summed E-state index contributed by atoms with van der Waals surface area (Å²) in [5, 5.41) is 7.02. The van der Waals surface area contributed by atoms with Gasteiger partial charge in [-0.05, 0) is 62.4 Å². The number of nitrogens with zero attached hydrogens (tertiary/aromatic N) is 1. The lowest BCUT2D eigenvalue weighted by atomic mass is 10.0. The molecule has 0 spiro atoms. The van der Waals surface area contributed by atoms with Gasteiger partial charge in [-0.25, -0.2) is 4.98 Å². The van der Waals surface area contributed by atoms with Crippen molar-refractivity contribution in [2.24, 2.45) is 11.5 Å². The summed E-state index contributed by atoms with van der Waals surface area (Å²) >= 11 is 0. The number of pyridine rings is 1. The molecule has 3 rings (SSSR count). The third kappa shape index (κ3) is 5.45. The number of hydrogen-bond acceptors (Lipinski definition) is 7. The number of carbonyl (C=O) groups is 1. The van der Waals surface area contributed by atoms with Gasteiger partial charge < -0.3 is 31.6 Å². The molecule has 1 aliphatic heterocycles. The van der Waals surface area contributed by atoms with Crippen LogP contribution in [0.2, 0.25) is 0 Å². The minimum atomic E-state index is -0.567. The van der Waals surface area contributed by atoms with E-state index in [1.807, 2.05) is 32.0 Å². The van der Waals surface area contributed by atoms with Crippen molar-refractivity contribution in [3.8, 4) is 5.75 Å². The van der Waals surface area contributed by atoms with Gasteiger partial charge >= 0.3 is 0 Å². The SMILES string of the molecule is CCc1nc(C(N)=O)c(Nc2cc(CCN)cc(OC)c2)c(C)c1NC1CCOCC1. The van der Waals surface area contributed by atoms with E-state index in [9.17, 15) is 4.79 Å². The normalized spacial score (nSPS) is 14.3. The zero-order chi connectivity index (χ0) is 22.4. The van der Waals surface area contributed by atoms with Gasteiger partial charge in [-0.15, -0.1) is 0 Å². The molecule has 0 bridgehead atoms. The number of methoxy groups -OCH3 is 1. The van der Waals surface area contributed by atoms with E-state index in [0.717, 1.165) is 60.7 Å². The maximum atomic E-state index is 12.3. The number of nitrogens with two attached hydrogens (primary N) is 2. The summed E-state index contributed by atoms with van der Waals surface area (Å²) in [5.74, 6) is 0.147. The first-order chi connectivity index (χ1) is 15.0. The second-order valence-corrected chi connectivity index (χ2v) is 7.76. The molecular formula is C23H33N5O3. The highest BCUT2D eigenvalue weighted by atomic mass is 16.5. The molecule has 1 aliphatic rings. The first-order valence-corrected chi connectivity index (χ1v) is 10.8. The molecule has 2 heterocycles. The minimum Gasteiger partial charge on any atom is -0.497 e. The van der Waals surface area contributed by atoms with Crippen LogP contribution < -0.4 is 26.8 Å². The van der Waals surface area contributed by atoms with Crippen LogP contribution in [0.1, 0.15) is 47.1 Å². The van der Waals surface area contributed by atoms with Crippen molar-refractivity contribution in [3.05, 3.63) is 40.7 Å². The highest BCUT2D eigenvalue weighted by Gasteiger charge is 2.23. The van der Waals surface area contributed by atoms with Crippen molar-refractivity contribution >= 4 is 23.0 Å². The number of nitrogens with one attached hydrogen (secondary N) is 2. The molecule has 8 nitrogen and oxygen atoms in total. The Kier molecular flexibility index (Phi) is 7.70. The molecule has 1 aromatic carbocycles. The number of anilines is 3. The van der Waals surface area contributed by atoms with E-state index in [1.165, 1.54) is 0 Å². The molecule has 6 N–H and O–H groups in total. The van der Waals surface area contributed by atoms with Crippen molar-refractivity contribution in [1.82, 2.24) is 4.98 Å². The lowest BCUT2D eigenvalue weighted by Gasteiger charge is -2.27. The van der Waals surface area contributed by atoms with Gasteiger partial charge in [0.05, 0.1) is 24.2 Å². The number of aryl methyl sites for hydroxylation is 1. The van der Waals surface area contributed by atoms with E-state index in [0.29, 0.717) is 30.4 Å². The standard InChI is InChI=1S/C23H33N5O3/c1-4-19-20(26-16-6-9-31-10-7-16)14(2)21(22(28-19)23(25)29)27-17-11-15(5-8-24)12-18(13-17)30-3/h11-13,16,26-27H,4-10,24H2,1-3H3,(H2,25,29). The summed E-state index contributed by atoms with van der Waals surface area (Å²) in [5.41, 5.74) is 16.8. The molecular weight excluding hydrogens is 394 g/mol. The van der Waals surface area contributed by atoms with Crippen LogP contribution in [0.3, 0.4) is 0 Å². The van der Waals surface area contributed by atoms with E-state index >= 15 is 0 Å². The number of primary amides is 1. The smallest absolute Gasteiger partial charge is 0.269 e. The van der Waals surface area contributed by atoms with E-state index < -0.39 is 5.91 Å². The van der Waals surface area contributed by atoms with Crippen LogP contribution in [0.4, 0.5) is 17.1 Å². The predicted molar refractivity (Wildman–Crippen MR) is 123 cm³/mol. The number of hydrogen-bond donors (Lipinski definition) is 4. The third-order valence-corrected chi connectivity index (χ3v) is 5.56. The quantitative estimate of drug-likeness (QED) is 0.485. The van der Waals surface area contributed by atoms with Crippen LogP contribution in [0.5, 0.6) is 5.75 Å². The topological polar surface area (TPSA) is 125 Å². The first kappa shape index (κ1) is 22.8. The number of benzene rings is 1. The van der Waals surface area contributed by atoms with E-state index in [4.69, 9.17) is 20.9 Å². The largest absolute Gasteiger partial charge is 0.497 e. The highest BCUT2D eigenvalue weighted by molar-refractivity contribution is 5.99. The lowest BCUT2D eigenvalue weighted by molar-refractivity contribution is 0.0904. The van der Waals surface area contributed by atoms with E-state index in [2.05, 4.69) is 15.6 Å². The molecule has 1 aromatic heterocycles. The maximum Gasteiger partial charge on any atom is 0.269 e. The molecule has 0 atom stereocenters. The molecule has 31 heavy (non-hydrogen) atoms. The van der Waals surface area contributed by atoms with Gasteiger partial charge in [0.1, 0.15) is 5.75 Å². The Labute approximate surface area is 183 Å². The predicted octanol–water partition coefficient (Wildman–Crippen LogP) is 2.90. The number of carbonyl (C=O) groups excluding carboxylic acids is 1. The number of ether oxygens (including phenoxy) is 2. The fourth-order valence-electron chi connectivity index (χ4n) is 3.90. The van der Waals surface area contributed by atoms with Crippen molar-refractivity contribution in [2.75, 3.05) is 37.5 Å². The van der Waals surface area contributed by atoms with Crippen LogP contribution >= 0.6 is 0 Å². The highest BCUT2D eigenvalue weighted by Crippen LogP contribution is 2.34. The molecule has 168 valence electrons. The summed E-state index contributed by atoms with van der Waals surface area (Å²) in [6.07, 6.45) is 3.27. The molecule has 0 radical (unpaired) electrons. The van der Waals surface area contributed by atoms with Crippen molar-refractivity contribution in [3.63, 3.8) is 0 Å². The molecule has 0 aliphatic carbocycles. The minimum absolute atomic E-state index is 0.232. The Morgan fingerprint density at radius 2 is 2.00 bits per heavy atom. The summed E-state index contributed by atoms with van der Waals surface area (Å²) in [6.45, 7) is 6.02. The molecule has 8 heteroatoms. The van der Waals surface area contributed by atoms with Crippen LogP contribution in [0, 0.1) is 6.92 Å². The lowest BCUT2D eigenvalue weighted by Crippen LogP contribution is -2.29. The molecule has 1 amide bonds. The maximum absolute atomic E-state index is 12.3. The van der Waals surface area contributed by atoms with Crippen LogP contribution in [0.25, 0.3) is 0 Å². The summed E-state index contributed by atoms with van der Waals surface area (Å²) in [4.78, 5) is 16.9.